The molecule has 0 fully saturated rings. The lowest BCUT2D eigenvalue weighted by Gasteiger charge is -2.31. The van der Waals surface area contributed by atoms with Gasteiger partial charge in [-0.3, -0.25) is 19.6 Å². The molecule has 0 saturated carbocycles. The van der Waals surface area contributed by atoms with Crippen LogP contribution >= 0.6 is 0 Å². The Hall–Kier alpha value is -3.80. The van der Waals surface area contributed by atoms with Crippen molar-refractivity contribution in [1.29, 1.82) is 0 Å². The monoisotopic (exact) mass is 399 g/mol. The van der Waals surface area contributed by atoms with Crippen molar-refractivity contribution in [3.8, 4) is 5.75 Å². The zero-order valence-electron chi connectivity index (χ0n) is 16.6. The Bertz CT molecular complexity index is 1080. The summed E-state index contributed by atoms with van der Waals surface area (Å²) in [6, 6.07) is 17.9. The summed E-state index contributed by atoms with van der Waals surface area (Å²) in [6.07, 6.45) is 5.05. The first-order valence-electron chi connectivity index (χ1n) is 9.78. The summed E-state index contributed by atoms with van der Waals surface area (Å²) in [5.74, 6) is -0.596. The number of pyridine rings is 1. The third kappa shape index (κ3) is 3.85. The molecule has 6 nitrogen and oxygen atoms in total. The first-order valence-corrected chi connectivity index (χ1v) is 9.78. The van der Waals surface area contributed by atoms with Crippen LogP contribution in [0.3, 0.4) is 0 Å². The second-order valence-corrected chi connectivity index (χ2v) is 6.82. The molecule has 0 aliphatic carbocycles. The number of hydrogen-bond acceptors (Lipinski definition) is 5. The van der Waals surface area contributed by atoms with Crippen LogP contribution < -0.4 is 9.64 Å². The maximum Gasteiger partial charge on any atom is 0.265 e. The molecule has 2 amide bonds. The van der Waals surface area contributed by atoms with Crippen molar-refractivity contribution in [2.24, 2.45) is 4.99 Å². The van der Waals surface area contributed by atoms with Gasteiger partial charge < -0.3 is 4.74 Å². The molecule has 4 rings (SSSR count). The zero-order valence-corrected chi connectivity index (χ0v) is 16.6. The molecule has 30 heavy (non-hydrogen) atoms. The molecule has 0 radical (unpaired) electrons. The van der Waals surface area contributed by atoms with Crippen LogP contribution in [0.1, 0.15) is 34.3 Å². The van der Waals surface area contributed by atoms with E-state index >= 15 is 0 Å². The molecule has 1 aliphatic heterocycles. The summed E-state index contributed by atoms with van der Waals surface area (Å²) in [5, 5.41) is 0. The molecule has 0 bridgehead atoms. The second kappa shape index (κ2) is 8.69. The van der Waals surface area contributed by atoms with Crippen LogP contribution in [-0.4, -0.2) is 29.6 Å². The minimum Gasteiger partial charge on any atom is -0.494 e. The number of carbonyl (C=O) groups excluding carboxylic acids is 2. The lowest BCUT2D eigenvalue weighted by atomic mass is 9.89. The smallest absolute Gasteiger partial charge is 0.265 e. The fraction of sp³-hybridized carbons (Fsp3) is 0.167. The third-order valence-corrected chi connectivity index (χ3v) is 4.90. The quantitative estimate of drug-likeness (QED) is 0.464. The number of imide groups is 1. The molecule has 1 aliphatic rings. The fourth-order valence-electron chi connectivity index (χ4n) is 3.45. The van der Waals surface area contributed by atoms with Gasteiger partial charge in [0.05, 0.1) is 24.8 Å². The van der Waals surface area contributed by atoms with E-state index in [4.69, 9.17) is 4.74 Å². The normalized spacial score (nSPS) is 16.0. The highest BCUT2D eigenvalue weighted by Gasteiger charge is 2.38. The van der Waals surface area contributed by atoms with E-state index in [1.165, 1.54) is 4.90 Å². The van der Waals surface area contributed by atoms with Crippen LogP contribution in [0.2, 0.25) is 0 Å². The molecular weight excluding hydrogens is 378 g/mol. The summed E-state index contributed by atoms with van der Waals surface area (Å²) >= 11 is 0. The average Bonchev–Trinajstić information content (AvgIpc) is 2.78. The molecular formula is C24H21N3O3. The average molecular weight is 399 g/mol. The highest BCUT2D eigenvalue weighted by atomic mass is 16.5. The predicted octanol–water partition coefficient (Wildman–Crippen LogP) is 4.02. The van der Waals surface area contributed by atoms with Gasteiger partial charge in [0.2, 0.25) is 5.91 Å². The molecule has 2 aromatic carbocycles. The number of hydrogen-bond donors (Lipinski definition) is 0. The van der Waals surface area contributed by atoms with Crippen LogP contribution in [0.5, 0.6) is 5.75 Å². The molecule has 3 aromatic rings. The van der Waals surface area contributed by atoms with Crippen molar-refractivity contribution in [3.05, 3.63) is 89.7 Å². The molecule has 1 atom stereocenters. The Morgan fingerprint density at radius 1 is 1.03 bits per heavy atom. The van der Waals surface area contributed by atoms with E-state index in [2.05, 4.69) is 9.98 Å². The van der Waals surface area contributed by atoms with E-state index in [-0.39, 0.29) is 11.8 Å². The van der Waals surface area contributed by atoms with Gasteiger partial charge in [-0.15, -0.1) is 0 Å². The Balaban J connectivity index is 1.66. The van der Waals surface area contributed by atoms with Crippen molar-refractivity contribution < 1.29 is 14.3 Å². The lowest BCUT2D eigenvalue weighted by Crippen LogP contribution is -2.45. The Kier molecular flexibility index (Phi) is 5.66. The number of fused-ring (bicyclic) bond motifs is 1. The maximum atomic E-state index is 13.3. The highest BCUT2D eigenvalue weighted by molar-refractivity contribution is 6.29. The van der Waals surface area contributed by atoms with Gasteiger partial charge in [-0.2, -0.15) is 0 Å². The molecule has 0 N–H and O–H groups in total. The van der Waals surface area contributed by atoms with E-state index in [0.717, 1.165) is 5.56 Å². The lowest BCUT2D eigenvalue weighted by molar-refractivity contribution is -0.118. The molecule has 6 heteroatoms. The van der Waals surface area contributed by atoms with E-state index in [1.54, 1.807) is 55.0 Å². The minimum absolute atomic E-state index is 0.318. The standard InChI is InChI=1S/C24H21N3O3/c1-2-30-19-9-7-18(8-10-19)27-23(28)21-6-4-3-5-20(21)22(24(27)29)16-26-15-17-11-13-25-14-12-17/h3-14,16,22H,2,15H2,1H3/t22-/m0/s1. The van der Waals surface area contributed by atoms with Gasteiger partial charge in [0.25, 0.3) is 5.91 Å². The van der Waals surface area contributed by atoms with Gasteiger partial charge in [0.15, 0.2) is 0 Å². The van der Waals surface area contributed by atoms with E-state index in [9.17, 15) is 9.59 Å². The topological polar surface area (TPSA) is 71.9 Å². The summed E-state index contributed by atoms with van der Waals surface area (Å²) in [6.45, 7) is 2.88. The van der Waals surface area contributed by atoms with Gasteiger partial charge in [-0.25, -0.2) is 4.90 Å². The third-order valence-electron chi connectivity index (χ3n) is 4.90. The SMILES string of the molecule is CCOc1ccc(N2C(=O)c3ccccc3[C@H](C=NCc3ccncc3)C2=O)cc1. The van der Waals surface area contributed by atoms with Crippen molar-refractivity contribution in [2.75, 3.05) is 11.5 Å². The summed E-state index contributed by atoms with van der Waals surface area (Å²) < 4.78 is 5.46. The van der Waals surface area contributed by atoms with Crippen molar-refractivity contribution in [1.82, 2.24) is 4.98 Å². The van der Waals surface area contributed by atoms with Crippen molar-refractivity contribution in [3.63, 3.8) is 0 Å². The van der Waals surface area contributed by atoms with Gasteiger partial charge >= 0.3 is 0 Å². The summed E-state index contributed by atoms with van der Waals surface area (Å²) in [5.41, 5.74) is 2.69. The van der Waals surface area contributed by atoms with Crippen LogP contribution in [0.15, 0.2) is 78.0 Å². The maximum absolute atomic E-state index is 13.3. The van der Waals surface area contributed by atoms with Crippen molar-refractivity contribution in [2.45, 2.75) is 19.4 Å². The summed E-state index contributed by atoms with van der Waals surface area (Å²) in [7, 11) is 0. The largest absolute Gasteiger partial charge is 0.494 e. The molecule has 0 unspecified atom stereocenters. The molecule has 0 spiro atoms. The van der Waals surface area contributed by atoms with Crippen LogP contribution in [0.25, 0.3) is 0 Å². The number of nitrogens with zero attached hydrogens (tertiary/aromatic N) is 3. The number of amides is 2. The summed E-state index contributed by atoms with van der Waals surface area (Å²) in [4.78, 5) is 36.1. The van der Waals surface area contributed by atoms with Crippen LogP contribution in [-0.2, 0) is 11.3 Å². The molecule has 1 aromatic heterocycles. The van der Waals surface area contributed by atoms with Gasteiger partial charge in [-0.05, 0) is 60.5 Å². The first kappa shape index (κ1) is 19.5. The highest BCUT2D eigenvalue weighted by Crippen LogP contribution is 2.32. The van der Waals surface area contributed by atoms with E-state index in [0.29, 0.717) is 35.7 Å². The van der Waals surface area contributed by atoms with Crippen LogP contribution in [0, 0.1) is 0 Å². The molecule has 150 valence electrons. The number of aliphatic imine (C=N–C) groups is 1. The van der Waals surface area contributed by atoms with Crippen LogP contribution in [0.4, 0.5) is 5.69 Å². The minimum atomic E-state index is -0.632. The number of ether oxygens (including phenoxy) is 1. The van der Waals surface area contributed by atoms with Gasteiger partial charge in [-0.1, -0.05) is 18.2 Å². The van der Waals surface area contributed by atoms with E-state index < -0.39 is 5.92 Å². The number of carbonyl (C=O) groups is 2. The number of benzene rings is 2. The van der Waals surface area contributed by atoms with Gasteiger partial charge in [0, 0.05) is 24.2 Å². The second-order valence-electron chi connectivity index (χ2n) is 6.82. The molecule has 0 saturated heterocycles. The Morgan fingerprint density at radius 2 is 1.77 bits per heavy atom. The van der Waals surface area contributed by atoms with E-state index in [1.807, 2.05) is 31.2 Å². The zero-order chi connectivity index (χ0) is 20.9. The predicted molar refractivity (Wildman–Crippen MR) is 115 cm³/mol. The number of aromatic nitrogens is 1. The Morgan fingerprint density at radius 3 is 2.50 bits per heavy atom. The Labute approximate surface area is 174 Å². The molecule has 2 heterocycles. The number of anilines is 1. The fourth-order valence-corrected chi connectivity index (χ4v) is 3.45. The van der Waals surface area contributed by atoms with Gasteiger partial charge in [0.1, 0.15) is 5.75 Å². The first-order chi connectivity index (χ1) is 14.7. The number of rotatable bonds is 6. The van der Waals surface area contributed by atoms with Crippen molar-refractivity contribution >= 4 is 23.7 Å².